The van der Waals surface area contributed by atoms with Gasteiger partial charge < -0.3 is 17.0 Å². The fourth-order valence-corrected chi connectivity index (χ4v) is 0.546. The smallest absolute Gasteiger partial charge is 0.493 e. The van der Waals surface area contributed by atoms with Crippen molar-refractivity contribution in [3.8, 4) is 0 Å². The molecule has 3 nitrogen and oxygen atoms in total. The molecule has 0 unspecified atom stereocenters. The van der Waals surface area contributed by atoms with Crippen LogP contribution in [-0.4, -0.2) is 6.03 Å². The Labute approximate surface area is 69.2 Å². The van der Waals surface area contributed by atoms with E-state index in [2.05, 4.69) is 0 Å². The minimum atomic E-state index is -0.462. The summed E-state index contributed by atoms with van der Waals surface area (Å²) in [4.78, 5) is 10.4. The van der Waals surface area contributed by atoms with Gasteiger partial charge in [0.2, 0.25) is 0 Å². The van der Waals surface area contributed by atoms with E-state index >= 15 is 0 Å². The number of hydrogen-bond donors (Lipinski definition) is 1. The van der Waals surface area contributed by atoms with Gasteiger partial charge >= 0.3 is 6.03 Å². The topological polar surface area (TPSA) is 47.0 Å². The molecule has 10 heavy (non-hydrogen) atoms. The summed E-state index contributed by atoms with van der Waals surface area (Å²) < 4.78 is 1.31. The van der Waals surface area contributed by atoms with Gasteiger partial charge in [0, 0.05) is 0 Å². The van der Waals surface area contributed by atoms with Crippen molar-refractivity contribution in [1.82, 2.24) is 0 Å². The zero-order valence-electron chi connectivity index (χ0n) is 5.20. The van der Waals surface area contributed by atoms with Crippen LogP contribution in [0, 0.1) is 0 Å². The Kier molecular flexibility index (Phi) is 3.64. The minimum Gasteiger partial charge on any atom is -1.00 e. The third-order valence-corrected chi connectivity index (χ3v) is 0.970. The number of hydrogen-bond acceptors (Lipinski definition) is 1. The molecule has 0 aromatic carbocycles. The van der Waals surface area contributed by atoms with Crippen molar-refractivity contribution in [2.45, 2.75) is 0 Å². The summed E-state index contributed by atoms with van der Waals surface area (Å²) in [5, 5.41) is 0. The SMILES string of the molecule is NC(=O)[n+]1ccccc1.[Br-]. The predicted octanol–water partition coefficient (Wildman–Crippen LogP) is -3.10. The molecule has 0 saturated heterocycles. The molecule has 0 saturated carbocycles. The first-order valence-electron chi connectivity index (χ1n) is 2.57. The summed E-state index contributed by atoms with van der Waals surface area (Å²) >= 11 is 0. The van der Waals surface area contributed by atoms with Crippen LogP contribution in [0.1, 0.15) is 0 Å². The summed E-state index contributed by atoms with van der Waals surface area (Å²) in [5.41, 5.74) is 4.94. The summed E-state index contributed by atoms with van der Waals surface area (Å²) in [6.07, 6.45) is 3.20. The number of nitrogens with two attached hydrogens (primary N) is 1. The van der Waals surface area contributed by atoms with Gasteiger partial charge in [0.05, 0.1) is 12.4 Å². The van der Waals surface area contributed by atoms with Crippen molar-refractivity contribution in [2.75, 3.05) is 0 Å². The van der Waals surface area contributed by atoms with E-state index in [0.717, 1.165) is 0 Å². The van der Waals surface area contributed by atoms with E-state index in [9.17, 15) is 4.79 Å². The first-order chi connectivity index (χ1) is 4.30. The molecule has 0 aliphatic carbocycles. The van der Waals surface area contributed by atoms with E-state index in [1.165, 1.54) is 4.57 Å². The largest absolute Gasteiger partial charge is 1.00 e. The average Bonchev–Trinajstić information content (AvgIpc) is 1.90. The van der Waals surface area contributed by atoms with Gasteiger partial charge in [0.25, 0.3) is 0 Å². The van der Waals surface area contributed by atoms with Crippen molar-refractivity contribution in [2.24, 2.45) is 5.73 Å². The highest BCUT2D eigenvalue weighted by molar-refractivity contribution is 5.61. The highest BCUT2D eigenvalue weighted by atomic mass is 79.9. The number of aromatic nitrogens is 1. The van der Waals surface area contributed by atoms with Crippen molar-refractivity contribution in [3.63, 3.8) is 0 Å². The molecule has 1 heterocycles. The Bertz CT molecular complexity index is 212. The van der Waals surface area contributed by atoms with Crippen LogP contribution in [0.4, 0.5) is 4.79 Å². The van der Waals surface area contributed by atoms with Crippen LogP contribution in [0.25, 0.3) is 0 Å². The molecule has 1 amide bonds. The first-order valence-corrected chi connectivity index (χ1v) is 2.57. The van der Waals surface area contributed by atoms with Gasteiger partial charge in [0.1, 0.15) is 0 Å². The van der Waals surface area contributed by atoms with Crippen LogP contribution < -0.4 is 27.3 Å². The summed E-state index contributed by atoms with van der Waals surface area (Å²) in [6, 6.07) is 4.84. The monoisotopic (exact) mass is 202 g/mol. The van der Waals surface area contributed by atoms with E-state index < -0.39 is 6.03 Å². The number of pyridine rings is 1. The van der Waals surface area contributed by atoms with E-state index in [4.69, 9.17) is 5.73 Å². The third kappa shape index (κ3) is 2.14. The maximum absolute atomic E-state index is 10.4. The number of amides is 1. The van der Waals surface area contributed by atoms with Crippen LogP contribution in [0.15, 0.2) is 30.6 Å². The Morgan fingerprint density at radius 1 is 1.20 bits per heavy atom. The molecule has 0 bridgehead atoms. The summed E-state index contributed by atoms with van der Waals surface area (Å²) in [7, 11) is 0. The second-order valence-electron chi connectivity index (χ2n) is 1.62. The lowest BCUT2D eigenvalue weighted by molar-refractivity contribution is -0.569. The molecule has 0 aliphatic heterocycles. The molecule has 1 aromatic heterocycles. The van der Waals surface area contributed by atoms with Gasteiger partial charge in [-0.05, 0) is 12.1 Å². The molecule has 0 spiro atoms. The van der Waals surface area contributed by atoms with Gasteiger partial charge in [-0.15, -0.1) is 0 Å². The number of carbonyl (C=O) groups excluding carboxylic acids is 1. The third-order valence-electron chi connectivity index (χ3n) is 0.970. The Morgan fingerprint density at radius 3 is 2.00 bits per heavy atom. The number of primary amides is 1. The van der Waals surface area contributed by atoms with Crippen molar-refractivity contribution in [3.05, 3.63) is 30.6 Å². The van der Waals surface area contributed by atoms with Crippen LogP contribution >= 0.6 is 0 Å². The lowest BCUT2D eigenvalue weighted by Gasteiger charge is -1.86. The molecule has 0 atom stereocenters. The second-order valence-corrected chi connectivity index (χ2v) is 1.62. The van der Waals surface area contributed by atoms with Crippen LogP contribution in [0.3, 0.4) is 0 Å². The van der Waals surface area contributed by atoms with Gasteiger partial charge in [-0.2, -0.15) is 9.36 Å². The van der Waals surface area contributed by atoms with Gasteiger partial charge in [0.15, 0.2) is 0 Å². The zero-order chi connectivity index (χ0) is 6.69. The Hall–Kier alpha value is -0.900. The fourth-order valence-electron chi connectivity index (χ4n) is 0.546. The molecule has 1 rings (SSSR count). The van der Waals surface area contributed by atoms with Crippen LogP contribution in [-0.2, 0) is 0 Å². The lowest BCUT2D eigenvalue weighted by atomic mass is 10.5. The minimum absolute atomic E-state index is 0. The summed E-state index contributed by atoms with van der Waals surface area (Å²) in [6.45, 7) is 0. The Morgan fingerprint density at radius 2 is 1.70 bits per heavy atom. The van der Waals surface area contributed by atoms with Gasteiger partial charge in [-0.3, -0.25) is 5.73 Å². The van der Waals surface area contributed by atoms with E-state index in [1.54, 1.807) is 24.5 Å². The number of rotatable bonds is 0. The molecular formula is C6H7BrN2O. The fraction of sp³-hybridized carbons (Fsp3) is 0. The molecular weight excluding hydrogens is 196 g/mol. The molecule has 2 N–H and O–H groups in total. The normalized spacial score (nSPS) is 8.00. The van der Waals surface area contributed by atoms with Crippen molar-refractivity contribution in [1.29, 1.82) is 0 Å². The number of nitrogens with zero attached hydrogens (tertiary/aromatic N) is 1. The average molecular weight is 203 g/mol. The molecule has 0 fully saturated rings. The molecule has 0 aliphatic rings. The molecule has 54 valence electrons. The quantitative estimate of drug-likeness (QED) is 0.446. The predicted molar refractivity (Wildman–Crippen MR) is 31.6 cm³/mol. The number of halogens is 1. The Balaban J connectivity index is 0.000000810. The van der Waals surface area contributed by atoms with Crippen molar-refractivity contribution < 1.29 is 26.3 Å². The van der Waals surface area contributed by atoms with Crippen molar-refractivity contribution >= 4 is 6.03 Å². The summed E-state index contributed by atoms with van der Waals surface area (Å²) in [5.74, 6) is 0. The van der Waals surface area contributed by atoms with E-state index in [0.29, 0.717) is 0 Å². The highest BCUT2D eigenvalue weighted by Gasteiger charge is 2.00. The second kappa shape index (κ2) is 4.00. The zero-order valence-corrected chi connectivity index (χ0v) is 6.78. The van der Waals surface area contributed by atoms with Gasteiger partial charge in [-0.1, -0.05) is 6.07 Å². The molecule has 0 radical (unpaired) electrons. The number of carbonyl (C=O) groups is 1. The van der Waals surface area contributed by atoms with E-state index in [1.807, 2.05) is 6.07 Å². The van der Waals surface area contributed by atoms with E-state index in [-0.39, 0.29) is 17.0 Å². The van der Waals surface area contributed by atoms with Crippen LogP contribution in [0.5, 0.6) is 0 Å². The van der Waals surface area contributed by atoms with Gasteiger partial charge in [-0.25, -0.2) is 0 Å². The maximum atomic E-state index is 10.4. The first kappa shape index (κ1) is 9.10. The van der Waals surface area contributed by atoms with Crippen LogP contribution in [0.2, 0.25) is 0 Å². The molecule has 1 aromatic rings. The highest BCUT2D eigenvalue weighted by Crippen LogP contribution is 1.74. The lowest BCUT2D eigenvalue weighted by Crippen LogP contribution is -3.00. The molecule has 4 heteroatoms. The maximum Gasteiger partial charge on any atom is 0.493 e. The standard InChI is InChI=1S/C6H6N2O.BrH/c7-6(9)8-4-2-1-3-5-8;/h1-5H,(H-,7,9);1H.